The molecule has 1 fully saturated rings. The molecule has 2 unspecified atom stereocenters. The average Bonchev–Trinajstić information content (AvgIpc) is 2.57. The number of hydrogen-bond acceptors (Lipinski definition) is 3. The van der Waals surface area contributed by atoms with Gasteiger partial charge < -0.3 is 10.00 Å². The lowest BCUT2D eigenvalue weighted by molar-refractivity contribution is -0.140. The van der Waals surface area contributed by atoms with Crippen molar-refractivity contribution < 1.29 is 19.4 Å². The fourth-order valence-corrected chi connectivity index (χ4v) is 5.36. The Morgan fingerprint density at radius 1 is 1.24 bits per heavy atom. The molecule has 2 rings (SSSR count). The minimum absolute atomic E-state index is 0.159. The summed E-state index contributed by atoms with van der Waals surface area (Å²) in [7, 11) is -3.91. The summed E-state index contributed by atoms with van der Waals surface area (Å²) in [5.74, 6) is -1.75. The summed E-state index contributed by atoms with van der Waals surface area (Å²) in [5, 5.41) is 17.5. The smallest absolute Gasteiger partial charge is 0.307 e. The Morgan fingerprint density at radius 3 is 2.40 bits per heavy atom. The molecule has 0 amide bonds. The third-order valence-electron chi connectivity index (χ3n) is 4.84. The molecular formula is C18H25INO4P. The van der Waals surface area contributed by atoms with E-state index in [-0.39, 0.29) is 18.0 Å². The number of aliphatic carboxylic acids is 1. The van der Waals surface area contributed by atoms with Crippen molar-refractivity contribution in [3.63, 3.8) is 0 Å². The highest BCUT2D eigenvalue weighted by Gasteiger charge is 2.33. The molecule has 1 aliphatic rings. The maximum Gasteiger partial charge on any atom is 0.307 e. The molecule has 138 valence electrons. The van der Waals surface area contributed by atoms with Gasteiger partial charge in [0, 0.05) is 9.73 Å². The lowest BCUT2D eigenvalue weighted by Gasteiger charge is -2.24. The molecule has 1 saturated carbocycles. The van der Waals surface area contributed by atoms with E-state index in [2.05, 4.69) is 22.6 Å². The van der Waals surface area contributed by atoms with Gasteiger partial charge in [-0.3, -0.25) is 14.8 Å². The molecule has 0 bridgehead atoms. The summed E-state index contributed by atoms with van der Waals surface area (Å²) in [5.41, 5.74) is 0.667. The van der Waals surface area contributed by atoms with Gasteiger partial charge >= 0.3 is 5.97 Å². The standard InChI is InChI=1S/C18H25INO4P/c19-16-8-6-14(7-9-16)10-15(18(21)22)12-25(23,24)17(20)11-13-4-2-1-3-5-13/h6-9,13,15,20H,1-5,10-12H2,(H,21,22)(H,23,24). The molecular weight excluding hydrogens is 452 g/mol. The number of halogens is 1. The van der Waals surface area contributed by atoms with Crippen LogP contribution in [0.25, 0.3) is 0 Å². The number of carboxylic acids is 1. The minimum atomic E-state index is -3.91. The molecule has 3 N–H and O–H groups in total. The lowest BCUT2D eigenvalue weighted by atomic mass is 9.87. The van der Waals surface area contributed by atoms with Crippen molar-refractivity contribution in [2.45, 2.75) is 44.9 Å². The molecule has 1 aromatic rings. The summed E-state index contributed by atoms with van der Waals surface area (Å²) in [4.78, 5) is 21.9. The Balaban J connectivity index is 2.00. The lowest BCUT2D eigenvalue weighted by Crippen LogP contribution is -2.23. The van der Waals surface area contributed by atoms with Crippen molar-refractivity contribution in [3.05, 3.63) is 33.4 Å². The highest BCUT2D eigenvalue weighted by molar-refractivity contribution is 14.1. The highest BCUT2D eigenvalue weighted by atomic mass is 127. The van der Waals surface area contributed by atoms with Crippen molar-refractivity contribution >= 4 is 41.4 Å². The summed E-state index contributed by atoms with van der Waals surface area (Å²) < 4.78 is 13.7. The van der Waals surface area contributed by atoms with E-state index in [1.807, 2.05) is 24.3 Å². The molecule has 0 aliphatic heterocycles. The first-order chi connectivity index (χ1) is 11.8. The summed E-state index contributed by atoms with van der Waals surface area (Å²) in [6, 6.07) is 7.46. The highest BCUT2D eigenvalue weighted by Crippen LogP contribution is 2.47. The van der Waals surface area contributed by atoms with Gasteiger partial charge in [0.25, 0.3) is 0 Å². The second kappa shape index (κ2) is 9.28. The Bertz CT molecular complexity index is 656. The van der Waals surface area contributed by atoms with Gasteiger partial charge in [-0.1, -0.05) is 44.2 Å². The SMILES string of the molecule is N=C(CC1CCCCC1)P(=O)(O)CC(Cc1ccc(I)cc1)C(=O)O. The second-order valence-electron chi connectivity index (χ2n) is 6.90. The fraction of sp³-hybridized carbons (Fsp3) is 0.556. The monoisotopic (exact) mass is 477 g/mol. The number of hydrogen-bond donors (Lipinski definition) is 3. The zero-order valence-corrected chi connectivity index (χ0v) is 17.2. The van der Waals surface area contributed by atoms with Gasteiger partial charge in [0.1, 0.15) is 0 Å². The molecule has 0 saturated heterocycles. The first-order valence-corrected chi connectivity index (χ1v) is 11.6. The zero-order valence-electron chi connectivity index (χ0n) is 14.2. The molecule has 0 heterocycles. The number of carboxylic acid groups (broad SMARTS) is 1. The van der Waals surface area contributed by atoms with Gasteiger partial charge in [0.2, 0.25) is 7.37 Å². The van der Waals surface area contributed by atoms with Crippen LogP contribution in [-0.2, 0) is 15.8 Å². The number of nitrogens with one attached hydrogen (secondary N) is 1. The van der Waals surface area contributed by atoms with E-state index < -0.39 is 19.3 Å². The summed E-state index contributed by atoms with van der Waals surface area (Å²) in [6.07, 6.45) is 5.56. The van der Waals surface area contributed by atoms with Crippen LogP contribution in [0.4, 0.5) is 0 Å². The maximum atomic E-state index is 12.6. The van der Waals surface area contributed by atoms with Gasteiger partial charge in [-0.25, -0.2) is 0 Å². The number of rotatable bonds is 8. The predicted octanol–water partition coefficient (Wildman–Crippen LogP) is 4.75. The summed E-state index contributed by atoms with van der Waals surface area (Å²) in [6.45, 7) is 0. The molecule has 2 atom stereocenters. The molecule has 1 aliphatic carbocycles. The van der Waals surface area contributed by atoms with Crippen molar-refractivity contribution in [1.29, 1.82) is 5.41 Å². The molecule has 0 aromatic heterocycles. The van der Waals surface area contributed by atoms with Crippen molar-refractivity contribution in [2.75, 3.05) is 6.16 Å². The Hall–Kier alpha value is -0.720. The molecule has 7 heteroatoms. The first-order valence-electron chi connectivity index (χ1n) is 8.65. The van der Waals surface area contributed by atoms with E-state index in [1.54, 1.807) is 0 Å². The predicted molar refractivity (Wildman–Crippen MR) is 108 cm³/mol. The molecule has 1 aromatic carbocycles. The Labute approximate surface area is 162 Å². The van der Waals surface area contributed by atoms with E-state index in [4.69, 9.17) is 5.41 Å². The van der Waals surface area contributed by atoms with E-state index in [0.717, 1.165) is 34.8 Å². The van der Waals surface area contributed by atoms with Gasteiger partial charge in [0.15, 0.2) is 0 Å². The van der Waals surface area contributed by atoms with Gasteiger partial charge in [0.05, 0.1) is 11.4 Å². The molecule has 25 heavy (non-hydrogen) atoms. The van der Waals surface area contributed by atoms with Crippen LogP contribution < -0.4 is 0 Å². The third kappa shape index (κ3) is 6.50. The Morgan fingerprint density at radius 2 is 1.84 bits per heavy atom. The van der Waals surface area contributed by atoms with E-state index in [9.17, 15) is 19.4 Å². The zero-order chi connectivity index (χ0) is 18.4. The Kier molecular flexibility index (Phi) is 7.65. The largest absolute Gasteiger partial charge is 0.481 e. The number of carbonyl (C=O) groups is 1. The fourth-order valence-electron chi connectivity index (χ4n) is 3.35. The van der Waals surface area contributed by atoms with Crippen LogP contribution in [0.3, 0.4) is 0 Å². The van der Waals surface area contributed by atoms with Gasteiger partial charge in [-0.15, -0.1) is 0 Å². The third-order valence-corrected chi connectivity index (χ3v) is 7.52. The minimum Gasteiger partial charge on any atom is -0.481 e. The van der Waals surface area contributed by atoms with Crippen LogP contribution in [0.2, 0.25) is 0 Å². The van der Waals surface area contributed by atoms with Crippen LogP contribution in [0.1, 0.15) is 44.1 Å². The molecule has 0 radical (unpaired) electrons. The number of benzene rings is 1. The summed E-state index contributed by atoms with van der Waals surface area (Å²) >= 11 is 2.17. The van der Waals surface area contributed by atoms with Crippen LogP contribution in [-0.4, -0.2) is 27.6 Å². The maximum absolute atomic E-state index is 12.6. The van der Waals surface area contributed by atoms with Crippen molar-refractivity contribution in [1.82, 2.24) is 0 Å². The quantitative estimate of drug-likeness (QED) is 0.286. The van der Waals surface area contributed by atoms with E-state index in [0.29, 0.717) is 12.3 Å². The topological polar surface area (TPSA) is 98.5 Å². The van der Waals surface area contributed by atoms with E-state index in [1.165, 1.54) is 6.42 Å². The normalized spacial score (nSPS) is 19.1. The van der Waals surface area contributed by atoms with Crippen LogP contribution in [0.5, 0.6) is 0 Å². The van der Waals surface area contributed by atoms with E-state index >= 15 is 0 Å². The van der Waals surface area contributed by atoms with Crippen LogP contribution >= 0.6 is 30.0 Å². The van der Waals surface area contributed by atoms with Crippen molar-refractivity contribution in [2.24, 2.45) is 11.8 Å². The van der Waals surface area contributed by atoms with Gasteiger partial charge in [-0.2, -0.15) is 0 Å². The van der Waals surface area contributed by atoms with Crippen LogP contribution in [0, 0.1) is 20.8 Å². The average molecular weight is 477 g/mol. The van der Waals surface area contributed by atoms with Gasteiger partial charge in [-0.05, 0) is 59.0 Å². The molecule has 0 spiro atoms. The molecule has 5 nitrogen and oxygen atoms in total. The van der Waals surface area contributed by atoms with Crippen molar-refractivity contribution in [3.8, 4) is 0 Å². The second-order valence-corrected chi connectivity index (χ2v) is 10.5. The van der Waals surface area contributed by atoms with Crippen LogP contribution in [0.15, 0.2) is 24.3 Å². The first kappa shape index (κ1) is 20.6.